The van der Waals surface area contributed by atoms with Crippen LogP contribution in [0.2, 0.25) is 0 Å². The molecule has 0 atom stereocenters. The van der Waals surface area contributed by atoms with E-state index >= 15 is 0 Å². The normalized spacial score (nSPS) is 11.6. The van der Waals surface area contributed by atoms with Gasteiger partial charge in [-0.1, -0.05) is 56.3 Å². The topological polar surface area (TPSA) is 29.1 Å². The van der Waals surface area contributed by atoms with Crippen LogP contribution in [0.3, 0.4) is 0 Å². The highest BCUT2D eigenvalue weighted by Gasteiger charge is 1.96. The van der Waals surface area contributed by atoms with Gasteiger partial charge in [-0.3, -0.25) is 4.79 Å². The van der Waals surface area contributed by atoms with Gasteiger partial charge < -0.3 is 5.32 Å². The number of aryl methyl sites for hydroxylation is 2. The molecule has 0 saturated heterocycles. The van der Waals surface area contributed by atoms with Gasteiger partial charge in [0.2, 0.25) is 5.91 Å². The summed E-state index contributed by atoms with van der Waals surface area (Å²) in [5.74, 6) is 0.458. The van der Waals surface area contributed by atoms with E-state index in [4.69, 9.17) is 0 Å². The lowest BCUT2D eigenvalue weighted by molar-refractivity contribution is -0.116. The highest BCUT2D eigenvalue weighted by atomic mass is 16.1. The summed E-state index contributed by atoms with van der Waals surface area (Å²) in [6, 6.07) is 8.44. The Bertz CT molecular complexity index is 472. The molecule has 0 unspecified atom stereocenters. The van der Waals surface area contributed by atoms with E-state index in [2.05, 4.69) is 56.4 Å². The highest BCUT2D eigenvalue weighted by Crippen LogP contribution is 2.09. The van der Waals surface area contributed by atoms with E-state index in [1.807, 2.05) is 6.08 Å². The predicted molar refractivity (Wildman–Crippen MR) is 85.6 cm³/mol. The molecule has 1 rings (SSSR count). The molecule has 0 aliphatic rings. The van der Waals surface area contributed by atoms with Crippen LogP contribution in [0.1, 0.15) is 31.4 Å². The number of benzene rings is 1. The minimum atomic E-state index is -0.0257. The summed E-state index contributed by atoms with van der Waals surface area (Å²) in [5, 5.41) is 2.85. The van der Waals surface area contributed by atoms with Crippen molar-refractivity contribution in [1.82, 2.24) is 5.32 Å². The van der Waals surface area contributed by atoms with Gasteiger partial charge in [-0.15, -0.1) is 0 Å². The molecule has 1 aromatic rings. The van der Waals surface area contributed by atoms with Crippen LogP contribution in [0.4, 0.5) is 0 Å². The number of allylic oxidation sites excluding steroid dienone is 3. The van der Waals surface area contributed by atoms with Crippen LogP contribution in [-0.2, 0) is 11.2 Å². The third-order valence-electron chi connectivity index (χ3n) is 3.02. The molecule has 1 aromatic carbocycles. The first-order valence-corrected chi connectivity index (χ1v) is 7.25. The lowest BCUT2D eigenvalue weighted by atomic mass is 10.0. The van der Waals surface area contributed by atoms with Crippen LogP contribution < -0.4 is 5.32 Å². The van der Waals surface area contributed by atoms with Gasteiger partial charge in [-0.2, -0.15) is 0 Å². The molecule has 0 saturated carbocycles. The molecular weight excluding hydrogens is 246 g/mol. The Labute approximate surface area is 122 Å². The maximum atomic E-state index is 11.4. The largest absolute Gasteiger partial charge is 0.352 e. The number of nitrogens with one attached hydrogen (secondary N) is 1. The summed E-state index contributed by atoms with van der Waals surface area (Å²) >= 11 is 0. The summed E-state index contributed by atoms with van der Waals surface area (Å²) in [5.41, 5.74) is 2.72. The maximum Gasteiger partial charge on any atom is 0.243 e. The first-order chi connectivity index (χ1) is 9.59. The van der Waals surface area contributed by atoms with Gasteiger partial charge >= 0.3 is 0 Å². The number of amides is 1. The summed E-state index contributed by atoms with van der Waals surface area (Å²) in [6.07, 6.45) is 9.44. The molecule has 0 aliphatic carbocycles. The average Bonchev–Trinajstić information content (AvgIpc) is 2.42. The zero-order valence-electron chi connectivity index (χ0n) is 12.7. The average molecular weight is 271 g/mol. The van der Waals surface area contributed by atoms with Crippen molar-refractivity contribution in [3.63, 3.8) is 0 Å². The van der Waals surface area contributed by atoms with Crippen molar-refractivity contribution in [3.05, 3.63) is 59.7 Å². The summed E-state index contributed by atoms with van der Waals surface area (Å²) in [7, 11) is 0. The van der Waals surface area contributed by atoms with Crippen molar-refractivity contribution in [2.45, 2.75) is 33.6 Å². The Hall–Kier alpha value is -1.83. The van der Waals surface area contributed by atoms with Crippen molar-refractivity contribution < 1.29 is 4.79 Å². The van der Waals surface area contributed by atoms with Gasteiger partial charge in [-0.25, -0.2) is 0 Å². The van der Waals surface area contributed by atoms with Crippen LogP contribution in [0, 0.1) is 12.8 Å². The molecule has 2 heteroatoms. The van der Waals surface area contributed by atoms with Crippen LogP contribution >= 0.6 is 0 Å². The SMILES string of the molecule is Cc1ccccc1CCC=C/C=C/C(=O)NCC(C)C. The number of rotatable bonds is 7. The molecule has 1 amide bonds. The van der Waals surface area contributed by atoms with E-state index in [-0.39, 0.29) is 5.91 Å². The van der Waals surface area contributed by atoms with E-state index in [0.29, 0.717) is 5.92 Å². The molecule has 0 bridgehead atoms. The fraction of sp³-hybridized carbons (Fsp3) is 0.389. The zero-order valence-corrected chi connectivity index (χ0v) is 12.7. The molecule has 2 nitrogen and oxygen atoms in total. The quantitative estimate of drug-likeness (QED) is 0.593. The second-order valence-corrected chi connectivity index (χ2v) is 5.39. The Morgan fingerprint density at radius 2 is 2.00 bits per heavy atom. The second kappa shape index (κ2) is 9.13. The van der Waals surface area contributed by atoms with Gasteiger partial charge in [0.05, 0.1) is 0 Å². The molecule has 0 aromatic heterocycles. The van der Waals surface area contributed by atoms with E-state index in [9.17, 15) is 4.79 Å². The number of hydrogen-bond donors (Lipinski definition) is 1. The minimum absolute atomic E-state index is 0.0257. The lowest BCUT2D eigenvalue weighted by Gasteiger charge is -2.03. The molecule has 20 heavy (non-hydrogen) atoms. The molecule has 0 fully saturated rings. The fourth-order valence-corrected chi connectivity index (χ4v) is 1.81. The molecule has 108 valence electrons. The van der Waals surface area contributed by atoms with Gasteiger partial charge in [0.1, 0.15) is 0 Å². The fourth-order valence-electron chi connectivity index (χ4n) is 1.81. The third kappa shape index (κ3) is 6.93. The Balaban J connectivity index is 2.25. The lowest BCUT2D eigenvalue weighted by Crippen LogP contribution is -2.25. The van der Waals surface area contributed by atoms with Crippen molar-refractivity contribution in [3.8, 4) is 0 Å². The molecular formula is C18H25NO. The molecule has 0 heterocycles. The molecule has 0 radical (unpaired) electrons. The Morgan fingerprint density at radius 3 is 2.70 bits per heavy atom. The number of carbonyl (C=O) groups excluding carboxylic acids is 1. The van der Waals surface area contributed by atoms with Crippen LogP contribution in [0.15, 0.2) is 48.6 Å². The zero-order chi connectivity index (χ0) is 14.8. The number of carbonyl (C=O) groups is 1. The van der Waals surface area contributed by atoms with Crippen molar-refractivity contribution >= 4 is 5.91 Å². The highest BCUT2D eigenvalue weighted by molar-refractivity contribution is 5.87. The summed E-state index contributed by atoms with van der Waals surface area (Å²) in [6.45, 7) is 7.02. The standard InChI is InChI=1S/C18H25NO/c1-15(2)14-19-18(20)13-7-5-4-6-11-17-12-9-8-10-16(17)3/h4-5,7-10,12-13,15H,6,11,14H2,1-3H3,(H,19,20)/b5-4?,13-7+. The van der Waals surface area contributed by atoms with E-state index in [1.165, 1.54) is 11.1 Å². The van der Waals surface area contributed by atoms with Gasteiger partial charge in [0, 0.05) is 12.6 Å². The van der Waals surface area contributed by atoms with Crippen LogP contribution in [0.25, 0.3) is 0 Å². The Morgan fingerprint density at radius 1 is 1.25 bits per heavy atom. The van der Waals surface area contributed by atoms with Crippen molar-refractivity contribution in [2.24, 2.45) is 5.92 Å². The van der Waals surface area contributed by atoms with E-state index in [1.54, 1.807) is 12.2 Å². The first kappa shape index (κ1) is 16.2. The first-order valence-electron chi connectivity index (χ1n) is 7.25. The predicted octanol–water partition coefficient (Wildman–Crippen LogP) is 3.81. The smallest absolute Gasteiger partial charge is 0.243 e. The maximum absolute atomic E-state index is 11.4. The summed E-state index contributed by atoms with van der Waals surface area (Å²) in [4.78, 5) is 11.4. The molecule has 1 N–H and O–H groups in total. The molecule has 0 spiro atoms. The van der Waals surface area contributed by atoms with Gasteiger partial charge in [-0.05, 0) is 36.8 Å². The summed E-state index contributed by atoms with van der Waals surface area (Å²) < 4.78 is 0. The van der Waals surface area contributed by atoms with Gasteiger partial charge in [0.15, 0.2) is 0 Å². The monoisotopic (exact) mass is 271 g/mol. The van der Waals surface area contributed by atoms with Crippen molar-refractivity contribution in [2.75, 3.05) is 6.54 Å². The van der Waals surface area contributed by atoms with Crippen molar-refractivity contribution in [1.29, 1.82) is 0 Å². The van der Waals surface area contributed by atoms with Crippen LogP contribution in [0.5, 0.6) is 0 Å². The number of hydrogen-bond acceptors (Lipinski definition) is 1. The third-order valence-corrected chi connectivity index (χ3v) is 3.02. The van der Waals surface area contributed by atoms with Gasteiger partial charge in [0.25, 0.3) is 0 Å². The van der Waals surface area contributed by atoms with Crippen LogP contribution in [-0.4, -0.2) is 12.5 Å². The molecule has 0 aliphatic heterocycles. The van der Waals surface area contributed by atoms with E-state index < -0.39 is 0 Å². The Kier molecular flexibility index (Phi) is 7.41. The van der Waals surface area contributed by atoms with E-state index in [0.717, 1.165) is 19.4 Å². The minimum Gasteiger partial charge on any atom is -0.352 e. The second-order valence-electron chi connectivity index (χ2n) is 5.39.